The molecule has 1 N–H and O–H groups in total. The van der Waals surface area contributed by atoms with Crippen LogP contribution in [0, 0.1) is 16.7 Å². The van der Waals surface area contributed by atoms with E-state index in [-0.39, 0.29) is 9.92 Å². The van der Waals surface area contributed by atoms with Gasteiger partial charge in [-0.25, -0.2) is 8.42 Å². The summed E-state index contributed by atoms with van der Waals surface area (Å²) in [6.45, 7) is 5.18. The van der Waals surface area contributed by atoms with Crippen LogP contribution < -0.4 is 10.2 Å². The first-order valence-electron chi connectivity index (χ1n) is 13.4. The third-order valence-corrected chi connectivity index (χ3v) is 11.1. The molecule has 1 aromatic carbocycles. The minimum atomic E-state index is -4.84. The van der Waals surface area contributed by atoms with Crippen molar-refractivity contribution in [3.63, 3.8) is 0 Å². The first-order valence-corrected chi connectivity index (χ1v) is 15.3. The molecular formula is C26H29ClF3N7O4S. The van der Waals surface area contributed by atoms with E-state index in [1.165, 1.54) is 12.1 Å². The molecule has 5 rings (SSSR count). The second-order valence-corrected chi connectivity index (χ2v) is 13.8. The van der Waals surface area contributed by atoms with Crippen LogP contribution in [-0.4, -0.2) is 98.8 Å². The molecule has 0 spiro atoms. The van der Waals surface area contributed by atoms with E-state index in [0.29, 0.717) is 44.7 Å². The zero-order chi connectivity index (χ0) is 30.5. The molecule has 0 aromatic heterocycles. The number of sulfone groups is 1. The van der Waals surface area contributed by atoms with Gasteiger partial charge in [0.25, 0.3) is 0 Å². The molecule has 0 radical (unpaired) electrons. The largest absolute Gasteiger partial charge is 0.403 e. The Morgan fingerprint density at radius 2 is 1.83 bits per heavy atom. The van der Waals surface area contributed by atoms with Gasteiger partial charge in [0.15, 0.2) is 9.84 Å². The Labute approximate surface area is 245 Å². The Kier molecular flexibility index (Phi) is 7.68. The fourth-order valence-electron chi connectivity index (χ4n) is 5.52. The van der Waals surface area contributed by atoms with Gasteiger partial charge in [-0.05, 0) is 50.3 Å². The lowest BCUT2D eigenvalue weighted by Crippen LogP contribution is -2.53. The standard InChI is InChI=1S/C26H29ClF3N7O4S/c1-32-33-16-35-8-10-36(11-9-35)17-2-3-21(19(27)12-17)42(40,41)18-13-20(22(38)34-24(15-31)4-5-24)37(14-18)23(39)25(6-7-25)26(28,29)30/h2-3,12,16,18,20H,1,4-11,13-14H2,(H,34,38)/b33-16-/t18?,20-/m0/s1. The number of hydrogen-bond acceptors (Lipinski definition) is 8. The van der Waals surface area contributed by atoms with Gasteiger partial charge in [-0.15, -0.1) is 5.10 Å². The van der Waals surface area contributed by atoms with E-state index in [0.717, 1.165) is 4.90 Å². The number of amides is 2. The summed E-state index contributed by atoms with van der Waals surface area (Å²) < 4.78 is 69.0. The van der Waals surface area contributed by atoms with Crippen LogP contribution in [0.25, 0.3) is 0 Å². The molecule has 2 aliphatic heterocycles. The van der Waals surface area contributed by atoms with Crippen molar-refractivity contribution in [1.82, 2.24) is 15.1 Å². The van der Waals surface area contributed by atoms with Crippen LogP contribution in [0.1, 0.15) is 32.1 Å². The fraction of sp³-hybridized carbons (Fsp3) is 0.577. The van der Waals surface area contributed by atoms with E-state index in [9.17, 15) is 36.4 Å². The van der Waals surface area contributed by atoms with E-state index in [2.05, 4.69) is 22.2 Å². The van der Waals surface area contributed by atoms with Crippen molar-refractivity contribution in [3.05, 3.63) is 23.2 Å². The number of nitriles is 1. The van der Waals surface area contributed by atoms with Crippen LogP contribution in [0.15, 0.2) is 33.3 Å². The number of likely N-dealkylation sites (tertiary alicyclic amines) is 1. The molecule has 2 atom stereocenters. The summed E-state index contributed by atoms with van der Waals surface area (Å²) >= 11 is 6.46. The Hall–Kier alpha value is -3.38. The topological polar surface area (TPSA) is 139 Å². The highest BCUT2D eigenvalue weighted by molar-refractivity contribution is 7.92. The van der Waals surface area contributed by atoms with Crippen molar-refractivity contribution < 1.29 is 31.2 Å². The van der Waals surface area contributed by atoms with E-state index in [1.807, 2.05) is 15.9 Å². The summed E-state index contributed by atoms with van der Waals surface area (Å²) in [4.78, 5) is 30.9. The van der Waals surface area contributed by atoms with Crippen molar-refractivity contribution in [2.45, 2.75) is 60.0 Å². The molecule has 2 aliphatic carbocycles. The van der Waals surface area contributed by atoms with Gasteiger partial charge < -0.3 is 20.0 Å². The normalized spacial score (nSPS) is 24.8. The first-order chi connectivity index (χ1) is 19.8. The fourth-order valence-corrected chi connectivity index (χ4v) is 7.76. The summed E-state index contributed by atoms with van der Waals surface area (Å²) in [5, 5.41) is 17.6. The number of hydrogen-bond donors (Lipinski definition) is 1. The van der Waals surface area contributed by atoms with Gasteiger partial charge in [0.05, 0.1) is 21.2 Å². The molecule has 2 amide bonds. The second-order valence-electron chi connectivity index (χ2n) is 11.1. The highest BCUT2D eigenvalue weighted by Crippen LogP contribution is 2.59. The Bertz CT molecular complexity index is 1460. The predicted molar refractivity (Wildman–Crippen MR) is 148 cm³/mol. The third-order valence-electron chi connectivity index (χ3n) is 8.49. The number of halogens is 4. The molecule has 4 aliphatic rings. The molecule has 42 heavy (non-hydrogen) atoms. The Morgan fingerprint density at radius 1 is 1.17 bits per heavy atom. The van der Waals surface area contributed by atoms with Gasteiger partial charge >= 0.3 is 6.18 Å². The Morgan fingerprint density at radius 3 is 2.36 bits per heavy atom. The molecular weight excluding hydrogens is 599 g/mol. The first kappa shape index (κ1) is 30.1. The molecule has 1 unspecified atom stereocenters. The number of rotatable bonds is 8. The summed E-state index contributed by atoms with van der Waals surface area (Å²) in [6, 6.07) is 4.94. The number of alkyl halides is 3. The van der Waals surface area contributed by atoms with Crippen molar-refractivity contribution in [3.8, 4) is 6.07 Å². The SMILES string of the molecule is C=N/N=C\N1CCN(c2ccc(S(=O)(=O)C3C[C@@H](C(=O)NC4(C#N)CC4)N(C(=O)C4(C(F)(F)F)CC4)C3)c(Cl)c2)CC1. The molecule has 2 saturated carbocycles. The molecule has 11 nitrogen and oxygen atoms in total. The van der Waals surface area contributed by atoms with Crippen LogP contribution in [0.2, 0.25) is 5.02 Å². The number of piperazine rings is 1. The number of benzene rings is 1. The van der Waals surface area contributed by atoms with Crippen molar-refractivity contribution in [1.29, 1.82) is 5.26 Å². The number of nitrogens with zero attached hydrogens (tertiary/aromatic N) is 6. The van der Waals surface area contributed by atoms with Gasteiger partial charge in [0.1, 0.15) is 23.3 Å². The van der Waals surface area contributed by atoms with Gasteiger partial charge in [-0.1, -0.05) is 11.6 Å². The van der Waals surface area contributed by atoms with Crippen molar-refractivity contribution in [2.75, 3.05) is 37.6 Å². The Balaban J connectivity index is 1.37. The number of anilines is 1. The molecule has 4 fully saturated rings. The summed E-state index contributed by atoms with van der Waals surface area (Å²) in [7, 11) is -4.28. The third kappa shape index (κ3) is 5.42. The maximum atomic E-state index is 13.8. The number of carbonyl (C=O) groups excluding carboxylic acids is 2. The smallest absolute Gasteiger partial charge is 0.368 e. The average Bonchev–Trinajstić information content (AvgIpc) is 3.87. The van der Waals surface area contributed by atoms with E-state index >= 15 is 0 Å². The van der Waals surface area contributed by atoms with E-state index in [4.69, 9.17) is 11.6 Å². The highest BCUT2D eigenvalue weighted by atomic mass is 35.5. The molecule has 1 aromatic rings. The van der Waals surface area contributed by atoms with Gasteiger partial charge in [-0.2, -0.15) is 23.5 Å². The van der Waals surface area contributed by atoms with Gasteiger partial charge in [0, 0.05) is 45.1 Å². The van der Waals surface area contributed by atoms with Crippen LogP contribution in [0.3, 0.4) is 0 Å². The minimum absolute atomic E-state index is 0.0755. The molecule has 0 bridgehead atoms. The molecule has 2 saturated heterocycles. The zero-order valence-electron chi connectivity index (χ0n) is 22.5. The van der Waals surface area contributed by atoms with Crippen molar-refractivity contribution in [2.24, 2.45) is 15.6 Å². The number of carbonyl (C=O) groups is 2. The van der Waals surface area contributed by atoms with Gasteiger partial charge in [-0.3, -0.25) is 9.59 Å². The van der Waals surface area contributed by atoms with E-state index in [1.54, 1.807) is 12.4 Å². The van der Waals surface area contributed by atoms with Crippen LogP contribution >= 0.6 is 11.6 Å². The van der Waals surface area contributed by atoms with E-state index < -0.39 is 75.9 Å². The lowest BCUT2D eigenvalue weighted by molar-refractivity contribution is -0.199. The lowest BCUT2D eigenvalue weighted by Gasteiger charge is -2.35. The summed E-state index contributed by atoms with van der Waals surface area (Å²) in [5.41, 5.74) is -3.09. The summed E-state index contributed by atoms with van der Waals surface area (Å²) in [6.07, 6.45) is -3.82. The molecule has 226 valence electrons. The maximum Gasteiger partial charge on any atom is 0.403 e. The van der Waals surface area contributed by atoms with Crippen LogP contribution in [0.5, 0.6) is 0 Å². The monoisotopic (exact) mass is 627 g/mol. The zero-order valence-corrected chi connectivity index (χ0v) is 24.1. The van der Waals surface area contributed by atoms with Crippen LogP contribution in [0.4, 0.5) is 18.9 Å². The second kappa shape index (κ2) is 10.7. The number of nitrogens with one attached hydrogen (secondary N) is 1. The molecule has 16 heteroatoms. The summed E-state index contributed by atoms with van der Waals surface area (Å²) in [5.74, 6) is -2.16. The average molecular weight is 628 g/mol. The minimum Gasteiger partial charge on any atom is -0.368 e. The maximum absolute atomic E-state index is 13.8. The quantitative estimate of drug-likeness (QED) is 0.265. The predicted octanol–water partition coefficient (Wildman–Crippen LogP) is 2.36. The lowest BCUT2D eigenvalue weighted by atomic mass is 10.0. The van der Waals surface area contributed by atoms with Crippen molar-refractivity contribution >= 4 is 52.0 Å². The molecule has 2 heterocycles. The van der Waals surface area contributed by atoms with Crippen LogP contribution in [-0.2, 0) is 19.4 Å². The highest BCUT2D eigenvalue weighted by Gasteiger charge is 2.70. The van der Waals surface area contributed by atoms with Gasteiger partial charge in [0.2, 0.25) is 11.8 Å².